The molecule has 4 rings (SSSR count). The average molecular weight is 497 g/mol. The number of unbranched alkanes of at least 4 members (excludes halogenated alkanes) is 2. The van der Waals surface area contributed by atoms with Crippen molar-refractivity contribution >= 4 is 0 Å². The third-order valence-corrected chi connectivity index (χ3v) is 6.62. The molecule has 0 aliphatic carbocycles. The lowest BCUT2D eigenvalue weighted by Crippen LogP contribution is -2.32. The summed E-state index contributed by atoms with van der Waals surface area (Å²) in [5.41, 5.74) is 3.58. The van der Waals surface area contributed by atoms with E-state index in [0.717, 1.165) is 46.6 Å². The Morgan fingerprint density at radius 2 is 0.838 bits per heavy atom. The Labute approximate surface area is 220 Å². The normalized spacial score (nSPS) is 11.3. The standard InChI is InChI=1S/C33H36O4/c34-23-11-13-25-36-31-21-9-7-19-29(31)33(27-15-3-1-4-16-27,28-17-5-2-6-18-28)30-20-8-10-22-32(30)37-26-14-12-24-35/h1-10,15-22,34-35H,11-14,23-26H2. The Balaban J connectivity index is 1.97. The molecule has 0 aliphatic heterocycles. The van der Waals surface area contributed by atoms with E-state index in [2.05, 4.69) is 72.8 Å². The number of hydrogen-bond donors (Lipinski definition) is 2. The molecule has 0 radical (unpaired) electrons. The van der Waals surface area contributed by atoms with Gasteiger partial charge in [-0.2, -0.15) is 0 Å². The Hall–Kier alpha value is -3.60. The molecular weight excluding hydrogens is 460 g/mol. The van der Waals surface area contributed by atoms with E-state index in [0.29, 0.717) is 26.1 Å². The minimum Gasteiger partial charge on any atom is -0.493 e. The lowest BCUT2D eigenvalue weighted by molar-refractivity contribution is 0.249. The van der Waals surface area contributed by atoms with Gasteiger partial charge in [0.1, 0.15) is 11.5 Å². The monoisotopic (exact) mass is 496 g/mol. The van der Waals surface area contributed by atoms with Gasteiger partial charge in [0.05, 0.1) is 18.6 Å². The number of hydrogen-bond acceptors (Lipinski definition) is 4. The zero-order valence-corrected chi connectivity index (χ0v) is 21.3. The van der Waals surface area contributed by atoms with Crippen LogP contribution in [0.4, 0.5) is 0 Å². The summed E-state index contributed by atoms with van der Waals surface area (Å²) in [5, 5.41) is 18.5. The van der Waals surface area contributed by atoms with Crippen molar-refractivity contribution in [2.75, 3.05) is 26.4 Å². The molecule has 4 nitrogen and oxygen atoms in total. The molecule has 4 aromatic carbocycles. The number of aliphatic hydroxyl groups excluding tert-OH is 2. The second-order valence-electron chi connectivity index (χ2n) is 9.03. The molecule has 4 aromatic rings. The third-order valence-electron chi connectivity index (χ3n) is 6.62. The maximum Gasteiger partial charge on any atom is 0.124 e. The van der Waals surface area contributed by atoms with Crippen molar-refractivity contribution in [3.8, 4) is 11.5 Å². The second-order valence-corrected chi connectivity index (χ2v) is 9.03. The van der Waals surface area contributed by atoms with Crippen LogP contribution in [0, 0.1) is 0 Å². The molecule has 4 heteroatoms. The van der Waals surface area contributed by atoms with Gasteiger partial charge in [0, 0.05) is 24.3 Å². The van der Waals surface area contributed by atoms with Gasteiger partial charge in [-0.3, -0.25) is 0 Å². The van der Waals surface area contributed by atoms with E-state index >= 15 is 0 Å². The van der Waals surface area contributed by atoms with Crippen LogP contribution >= 0.6 is 0 Å². The summed E-state index contributed by atoms with van der Waals surface area (Å²) in [4.78, 5) is 0. The summed E-state index contributed by atoms with van der Waals surface area (Å²) in [7, 11) is 0. The van der Waals surface area contributed by atoms with E-state index in [-0.39, 0.29) is 13.2 Å². The maximum absolute atomic E-state index is 9.25. The molecule has 0 aliphatic rings. The molecule has 0 saturated heterocycles. The van der Waals surface area contributed by atoms with Crippen LogP contribution in [0.25, 0.3) is 0 Å². The fourth-order valence-electron chi connectivity index (χ4n) is 4.91. The number of rotatable bonds is 14. The molecule has 0 amide bonds. The number of aliphatic hydroxyl groups is 2. The molecule has 0 aromatic heterocycles. The van der Waals surface area contributed by atoms with Crippen LogP contribution in [0.5, 0.6) is 11.5 Å². The van der Waals surface area contributed by atoms with Crippen molar-refractivity contribution in [2.24, 2.45) is 0 Å². The van der Waals surface area contributed by atoms with Gasteiger partial charge < -0.3 is 19.7 Å². The van der Waals surface area contributed by atoms with E-state index in [4.69, 9.17) is 9.47 Å². The highest BCUT2D eigenvalue weighted by Crippen LogP contribution is 2.50. The fraction of sp³-hybridized carbons (Fsp3) is 0.273. The third kappa shape index (κ3) is 6.04. The molecule has 0 bridgehead atoms. The molecule has 2 N–H and O–H groups in total. The number of para-hydroxylation sites is 2. The van der Waals surface area contributed by atoms with Crippen LogP contribution < -0.4 is 9.47 Å². The van der Waals surface area contributed by atoms with Gasteiger partial charge in [0.25, 0.3) is 0 Å². The van der Waals surface area contributed by atoms with Crippen LogP contribution in [-0.2, 0) is 5.41 Å². The Bertz CT molecular complexity index is 1110. The molecule has 37 heavy (non-hydrogen) atoms. The summed E-state index contributed by atoms with van der Waals surface area (Å²) in [6, 6.07) is 37.5. The van der Waals surface area contributed by atoms with Gasteiger partial charge in [-0.1, -0.05) is 97.1 Å². The van der Waals surface area contributed by atoms with E-state index in [1.807, 2.05) is 36.4 Å². The SMILES string of the molecule is OCCCCOc1ccccc1C(c1ccccc1)(c1ccccc1)c1ccccc1OCCCCO. The topological polar surface area (TPSA) is 58.9 Å². The molecule has 0 saturated carbocycles. The first-order valence-electron chi connectivity index (χ1n) is 13.1. The highest BCUT2D eigenvalue weighted by Gasteiger charge is 2.42. The molecule has 0 unspecified atom stereocenters. The summed E-state index contributed by atoms with van der Waals surface area (Å²) in [6.45, 7) is 1.36. The number of ether oxygens (including phenoxy) is 2. The lowest BCUT2D eigenvalue weighted by Gasteiger charge is -2.38. The molecule has 0 spiro atoms. The second kappa shape index (κ2) is 13.6. The Morgan fingerprint density at radius 3 is 1.24 bits per heavy atom. The zero-order valence-electron chi connectivity index (χ0n) is 21.3. The van der Waals surface area contributed by atoms with Crippen LogP contribution in [0.2, 0.25) is 0 Å². The van der Waals surface area contributed by atoms with E-state index in [9.17, 15) is 10.2 Å². The minimum atomic E-state index is -0.705. The van der Waals surface area contributed by atoms with Crippen LogP contribution in [0.1, 0.15) is 47.9 Å². The van der Waals surface area contributed by atoms with Crippen molar-refractivity contribution in [1.82, 2.24) is 0 Å². The highest BCUT2D eigenvalue weighted by molar-refractivity contribution is 5.65. The summed E-state index contributed by atoms with van der Waals surface area (Å²) in [5.74, 6) is 1.62. The van der Waals surface area contributed by atoms with Crippen LogP contribution in [0.15, 0.2) is 109 Å². The van der Waals surface area contributed by atoms with Gasteiger partial charge in [0.2, 0.25) is 0 Å². The predicted octanol–water partition coefficient (Wildman–Crippen LogP) is 6.37. The van der Waals surface area contributed by atoms with Gasteiger partial charge in [-0.25, -0.2) is 0 Å². The van der Waals surface area contributed by atoms with Gasteiger partial charge in [-0.05, 0) is 48.9 Å². The van der Waals surface area contributed by atoms with Gasteiger partial charge >= 0.3 is 0 Å². The van der Waals surface area contributed by atoms with Crippen molar-refractivity contribution in [3.63, 3.8) is 0 Å². The van der Waals surface area contributed by atoms with Crippen molar-refractivity contribution in [1.29, 1.82) is 0 Å². The molecule has 0 fully saturated rings. The lowest BCUT2D eigenvalue weighted by atomic mass is 9.64. The van der Waals surface area contributed by atoms with E-state index < -0.39 is 5.41 Å². The van der Waals surface area contributed by atoms with Crippen molar-refractivity contribution in [3.05, 3.63) is 131 Å². The van der Waals surface area contributed by atoms with Crippen LogP contribution in [0.3, 0.4) is 0 Å². The first kappa shape index (κ1) is 26.5. The van der Waals surface area contributed by atoms with Crippen molar-refractivity contribution in [2.45, 2.75) is 31.1 Å². The Kier molecular flexibility index (Phi) is 9.75. The van der Waals surface area contributed by atoms with Gasteiger partial charge in [-0.15, -0.1) is 0 Å². The quantitative estimate of drug-likeness (QED) is 0.157. The molecule has 0 atom stereocenters. The average Bonchev–Trinajstić information content (AvgIpc) is 2.96. The number of benzene rings is 4. The summed E-state index contributed by atoms with van der Waals surface area (Å²) < 4.78 is 12.8. The smallest absolute Gasteiger partial charge is 0.124 e. The van der Waals surface area contributed by atoms with E-state index in [1.165, 1.54) is 0 Å². The molecule has 192 valence electrons. The predicted molar refractivity (Wildman–Crippen MR) is 148 cm³/mol. The summed E-state index contributed by atoms with van der Waals surface area (Å²) in [6.07, 6.45) is 2.96. The largest absolute Gasteiger partial charge is 0.493 e. The van der Waals surface area contributed by atoms with Gasteiger partial charge in [0.15, 0.2) is 0 Å². The fourth-order valence-corrected chi connectivity index (χ4v) is 4.91. The molecular formula is C33H36O4. The highest BCUT2D eigenvalue weighted by atomic mass is 16.5. The first-order valence-corrected chi connectivity index (χ1v) is 13.1. The Morgan fingerprint density at radius 1 is 0.459 bits per heavy atom. The molecule has 0 heterocycles. The first-order chi connectivity index (χ1) is 18.3. The minimum absolute atomic E-state index is 0.157. The van der Waals surface area contributed by atoms with Crippen LogP contribution in [-0.4, -0.2) is 36.6 Å². The maximum atomic E-state index is 9.25. The van der Waals surface area contributed by atoms with Crippen molar-refractivity contribution < 1.29 is 19.7 Å². The van der Waals surface area contributed by atoms with E-state index in [1.54, 1.807) is 0 Å². The summed E-state index contributed by atoms with van der Waals surface area (Å²) >= 11 is 0. The zero-order chi connectivity index (χ0) is 25.8.